The quantitative estimate of drug-likeness (QED) is 0.0948. The van der Waals surface area contributed by atoms with Crippen molar-refractivity contribution in [1.29, 1.82) is 0 Å². The van der Waals surface area contributed by atoms with Crippen molar-refractivity contribution < 1.29 is 149 Å². The maximum atomic E-state index is 14.5. The highest BCUT2D eigenvalue weighted by atomic mass is 19.4. The fraction of sp³-hybridized carbons (Fsp3) is 0.778. The van der Waals surface area contributed by atoms with Crippen molar-refractivity contribution >= 4 is 0 Å². The summed E-state index contributed by atoms with van der Waals surface area (Å²) in [4.78, 5) is 0. The summed E-state index contributed by atoms with van der Waals surface area (Å²) in [5.41, 5.74) is 0. The Morgan fingerprint density at radius 3 is 0.571 bits per heavy atom. The minimum atomic E-state index is -9.17. The molecule has 2 aliphatic carbocycles. The van der Waals surface area contributed by atoms with Crippen LogP contribution in [-0.2, 0) is 0 Å². The Bertz CT molecular complexity index is 1810. The number of halogens is 34. The average molecular weight is 1110 g/mol. The summed E-state index contributed by atoms with van der Waals surface area (Å²) in [7, 11) is 0. The SMILES string of the molecule is C.C.C=CC1CC(C=C)C(C(F)(F)C(F)(F)C(F)(F)C(F)(F)C(F)(F)C(F)(F)C(F)(F)C(F)(F)C(F)(F)C(F)(F)F)C1.C=CC1CC(C=C)C(C(F)(F)C(F)(F)C(F)(F)C(F)(F)C(F)(F)C(F)(F)F)C1. The molecule has 0 aliphatic heterocycles. The van der Waals surface area contributed by atoms with Crippen molar-refractivity contribution in [3.05, 3.63) is 50.6 Å². The third-order valence-corrected chi connectivity index (χ3v) is 11.0. The summed E-state index contributed by atoms with van der Waals surface area (Å²) in [5.74, 6) is -125. The lowest BCUT2D eigenvalue weighted by atomic mass is 9.80. The molecule has 6 atom stereocenters. The Morgan fingerprint density at radius 2 is 0.414 bits per heavy atom. The molecule has 0 bridgehead atoms. The highest BCUT2D eigenvalue weighted by Gasteiger charge is 2.98. The van der Waals surface area contributed by atoms with Crippen LogP contribution in [-0.4, -0.2) is 95.3 Å². The fourth-order valence-electron chi connectivity index (χ4n) is 6.78. The van der Waals surface area contributed by atoms with Crippen LogP contribution in [0.25, 0.3) is 0 Å². The first-order valence-electron chi connectivity index (χ1n) is 17.4. The Balaban J connectivity index is 0. The summed E-state index contributed by atoms with van der Waals surface area (Å²) in [5, 5.41) is 0. The highest BCUT2D eigenvalue weighted by molar-refractivity contribution is 5.20. The summed E-state index contributed by atoms with van der Waals surface area (Å²) in [6.45, 7) is 12.1. The van der Waals surface area contributed by atoms with Crippen molar-refractivity contribution in [1.82, 2.24) is 0 Å². The molecule has 0 aromatic carbocycles. The van der Waals surface area contributed by atoms with E-state index in [1.807, 2.05) is 0 Å². The van der Waals surface area contributed by atoms with Gasteiger partial charge in [-0.25, -0.2) is 0 Å². The van der Waals surface area contributed by atoms with Gasteiger partial charge in [-0.15, -0.1) is 26.3 Å². The lowest BCUT2D eigenvalue weighted by Gasteiger charge is -2.45. The van der Waals surface area contributed by atoms with Gasteiger partial charge < -0.3 is 0 Å². The minimum Gasteiger partial charge on any atom is -0.199 e. The van der Waals surface area contributed by atoms with E-state index in [1.54, 1.807) is 0 Å². The summed E-state index contributed by atoms with van der Waals surface area (Å²) >= 11 is 0. The smallest absolute Gasteiger partial charge is 0.199 e. The predicted octanol–water partition coefficient (Wildman–Crippen LogP) is 17.3. The molecule has 0 saturated heterocycles. The molecule has 34 heteroatoms. The van der Waals surface area contributed by atoms with Crippen molar-refractivity contribution in [3.63, 3.8) is 0 Å². The van der Waals surface area contributed by atoms with E-state index in [2.05, 4.69) is 26.3 Å². The molecular formula is C36H34F34. The predicted molar refractivity (Wildman–Crippen MR) is 175 cm³/mol. The molecule has 0 amide bonds. The van der Waals surface area contributed by atoms with Crippen molar-refractivity contribution in [2.45, 2.75) is 136 Å². The number of rotatable bonds is 18. The maximum absolute atomic E-state index is 14.5. The first kappa shape index (κ1) is 68.7. The van der Waals surface area contributed by atoms with E-state index in [0.717, 1.165) is 12.2 Å². The fourth-order valence-corrected chi connectivity index (χ4v) is 6.78. The standard InChI is InChI=1S/C19H13F21.C15H13F13.2CH4/c1-3-7-5-8(4-2)9(6-7)10(20,21)11(22,23)12(24,25)13(26,27)14(28,29)15(30,31)16(32,33)17(34,35)18(36,37)19(38,39)40;1-3-7-5-8(4-2)9(6-7)10(16,17)11(18,19)12(20,21)13(22,23)14(24,25)15(26,27)28;;/h3-4,7-9H,1-2,5-6H2;3-4,7-9H,1-2,5-6H2;2*1H4. The molecule has 6 unspecified atom stereocenters. The Morgan fingerprint density at radius 1 is 0.243 bits per heavy atom. The molecule has 0 aromatic heterocycles. The van der Waals surface area contributed by atoms with Crippen LogP contribution in [0.15, 0.2) is 50.6 Å². The highest BCUT2D eigenvalue weighted by Crippen LogP contribution is 2.68. The van der Waals surface area contributed by atoms with Gasteiger partial charge in [0, 0.05) is 11.8 Å². The van der Waals surface area contributed by atoms with Gasteiger partial charge in [0.05, 0.1) is 0 Å². The Labute approximate surface area is 371 Å². The second kappa shape index (κ2) is 19.5. The van der Waals surface area contributed by atoms with Crippen LogP contribution in [0.2, 0.25) is 0 Å². The van der Waals surface area contributed by atoms with Crippen LogP contribution in [0.1, 0.15) is 40.5 Å². The molecule has 0 heterocycles. The zero-order valence-corrected chi connectivity index (χ0v) is 32.3. The Hall–Kier alpha value is -3.42. The molecule has 2 aliphatic rings. The molecule has 70 heavy (non-hydrogen) atoms. The number of hydrogen-bond donors (Lipinski definition) is 0. The van der Waals surface area contributed by atoms with Crippen LogP contribution in [0.5, 0.6) is 0 Å². The lowest BCUT2D eigenvalue weighted by Crippen LogP contribution is -2.77. The van der Waals surface area contributed by atoms with Crippen molar-refractivity contribution in [2.75, 3.05) is 0 Å². The Kier molecular flexibility index (Phi) is 19.1. The molecule has 2 saturated carbocycles. The van der Waals surface area contributed by atoms with Gasteiger partial charge in [-0.1, -0.05) is 39.2 Å². The average Bonchev–Trinajstić information content (AvgIpc) is 3.81. The van der Waals surface area contributed by atoms with Gasteiger partial charge in [-0.3, -0.25) is 0 Å². The third-order valence-electron chi connectivity index (χ3n) is 11.0. The van der Waals surface area contributed by atoms with Gasteiger partial charge in [0.25, 0.3) is 0 Å². The zero-order valence-electron chi connectivity index (χ0n) is 32.3. The van der Waals surface area contributed by atoms with E-state index in [1.165, 1.54) is 0 Å². The number of allylic oxidation sites excluding steroid dienone is 4. The molecule has 416 valence electrons. The second-order valence-corrected chi connectivity index (χ2v) is 15.1. The van der Waals surface area contributed by atoms with Crippen molar-refractivity contribution in [3.8, 4) is 0 Å². The lowest BCUT2D eigenvalue weighted by molar-refractivity contribution is -0.475. The third kappa shape index (κ3) is 9.41. The largest absolute Gasteiger partial charge is 0.460 e. The summed E-state index contributed by atoms with van der Waals surface area (Å²) in [6.07, 6.45) is -15.9. The molecule has 0 aromatic rings. The van der Waals surface area contributed by atoms with Crippen LogP contribution >= 0.6 is 0 Å². The first-order chi connectivity index (χ1) is 29.5. The topological polar surface area (TPSA) is 0 Å². The van der Waals surface area contributed by atoms with E-state index in [0.29, 0.717) is 12.2 Å². The molecule has 0 spiro atoms. The molecule has 0 N–H and O–H groups in total. The number of hydrogen-bond acceptors (Lipinski definition) is 0. The van der Waals surface area contributed by atoms with Crippen LogP contribution in [0.3, 0.4) is 0 Å². The van der Waals surface area contributed by atoms with Gasteiger partial charge in [0.15, 0.2) is 0 Å². The van der Waals surface area contributed by atoms with E-state index in [4.69, 9.17) is 0 Å². The van der Waals surface area contributed by atoms with Crippen LogP contribution < -0.4 is 0 Å². The molecule has 2 fully saturated rings. The van der Waals surface area contributed by atoms with Crippen LogP contribution in [0, 0.1) is 35.5 Å². The van der Waals surface area contributed by atoms with Crippen molar-refractivity contribution in [2.24, 2.45) is 35.5 Å². The summed E-state index contributed by atoms with van der Waals surface area (Å²) < 4.78 is 455. The number of alkyl halides is 34. The normalized spacial score (nSPS) is 23.6. The molecule has 0 radical (unpaired) electrons. The van der Waals surface area contributed by atoms with E-state index >= 15 is 0 Å². The first-order valence-corrected chi connectivity index (χ1v) is 17.4. The van der Waals surface area contributed by atoms with Gasteiger partial charge in [0.1, 0.15) is 0 Å². The van der Waals surface area contributed by atoms with E-state index in [9.17, 15) is 149 Å². The van der Waals surface area contributed by atoms with Gasteiger partial charge in [0.2, 0.25) is 0 Å². The zero-order chi connectivity index (χ0) is 55.1. The molecule has 0 nitrogen and oxygen atoms in total. The van der Waals surface area contributed by atoms with E-state index in [-0.39, 0.29) is 21.3 Å². The minimum absolute atomic E-state index is 0. The molecular weight excluding hydrogens is 1080 g/mol. The maximum Gasteiger partial charge on any atom is 0.460 e. The van der Waals surface area contributed by atoms with Gasteiger partial charge in [-0.2, -0.15) is 149 Å². The van der Waals surface area contributed by atoms with E-state index < -0.39 is 150 Å². The van der Waals surface area contributed by atoms with Gasteiger partial charge >= 0.3 is 95.3 Å². The van der Waals surface area contributed by atoms with Crippen LogP contribution in [0.4, 0.5) is 149 Å². The molecule has 2 rings (SSSR count). The second-order valence-electron chi connectivity index (χ2n) is 15.1. The summed E-state index contributed by atoms with van der Waals surface area (Å²) in [6, 6.07) is 0. The monoisotopic (exact) mass is 1110 g/mol. The van der Waals surface area contributed by atoms with Gasteiger partial charge in [-0.05, 0) is 49.4 Å².